The first-order valence-corrected chi connectivity index (χ1v) is 7.18. The summed E-state index contributed by atoms with van der Waals surface area (Å²) in [5.74, 6) is 0.895. The van der Waals surface area contributed by atoms with E-state index in [0.29, 0.717) is 0 Å². The zero-order valence-corrected chi connectivity index (χ0v) is 12.1. The van der Waals surface area contributed by atoms with Crippen molar-refractivity contribution in [3.05, 3.63) is 58.1 Å². The summed E-state index contributed by atoms with van der Waals surface area (Å²) < 4.78 is 0. The van der Waals surface area contributed by atoms with Crippen molar-refractivity contribution in [2.24, 2.45) is 0 Å². The minimum absolute atomic E-state index is 0.728. The Balaban J connectivity index is 2.22. The van der Waals surface area contributed by atoms with Crippen molar-refractivity contribution in [1.82, 2.24) is 0 Å². The van der Waals surface area contributed by atoms with Crippen molar-refractivity contribution >= 4 is 29.1 Å². The van der Waals surface area contributed by atoms with Gasteiger partial charge in [0.25, 0.3) is 0 Å². The van der Waals surface area contributed by atoms with E-state index in [1.807, 2.05) is 18.2 Å². The molecule has 0 saturated heterocycles. The molecule has 0 saturated carbocycles. The predicted octanol–water partition coefficient (Wildman–Crippen LogP) is 4.83. The summed E-state index contributed by atoms with van der Waals surface area (Å²) in [6.45, 7) is 4.28. The van der Waals surface area contributed by atoms with Gasteiger partial charge in [-0.1, -0.05) is 35.9 Å². The molecule has 3 heteroatoms. The standard InChI is InChI=1S/C15H16ClNS/c1-10-5-3-6-11(2)12(10)9-18-15-13(16)7-4-8-14(15)17/h3-8H,9,17H2,1-2H3. The Kier molecular flexibility index (Phi) is 4.20. The van der Waals surface area contributed by atoms with Gasteiger partial charge in [-0.05, 0) is 42.7 Å². The molecule has 2 aromatic rings. The smallest absolute Gasteiger partial charge is 0.0562 e. The Morgan fingerprint density at radius 2 is 1.67 bits per heavy atom. The van der Waals surface area contributed by atoms with Gasteiger partial charge in [0.05, 0.1) is 5.02 Å². The number of aryl methyl sites for hydroxylation is 2. The number of halogens is 1. The average Bonchev–Trinajstić information content (AvgIpc) is 2.31. The highest BCUT2D eigenvalue weighted by Gasteiger charge is 2.08. The molecule has 2 rings (SSSR count). The maximum atomic E-state index is 6.17. The molecule has 0 unspecified atom stereocenters. The number of anilines is 1. The molecule has 2 N–H and O–H groups in total. The van der Waals surface area contributed by atoms with Crippen LogP contribution in [0.4, 0.5) is 5.69 Å². The van der Waals surface area contributed by atoms with Crippen LogP contribution >= 0.6 is 23.4 Å². The second-order valence-electron chi connectivity index (χ2n) is 4.32. The van der Waals surface area contributed by atoms with Gasteiger partial charge in [0.1, 0.15) is 0 Å². The zero-order valence-electron chi connectivity index (χ0n) is 10.5. The molecule has 18 heavy (non-hydrogen) atoms. The van der Waals surface area contributed by atoms with Crippen molar-refractivity contribution < 1.29 is 0 Å². The second-order valence-corrected chi connectivity index (χ2v) is 5.71. The van der Waals surface area contributed by atoms with E-state index in [4.69, 9.17) is 17.3 Å². The predicted molar refractivity (Wildman–Crippen MR) is 81.3 cm³/mol. The number of nitrogens with two attached hydrogens (primary N) is 1. The molecule has 0 atom stereocenters. The van der Waals surface area contributed by atoms with E-state index in [1.165, 1.54) is 16.7 Å². The maximum absolute atomic E-state index is 6.17. The first kappa shape index (κ1) is 13.3. The first-order chi connectivity index (χ1) is 8.59. The van der Waals surface area contributed by atoms with Crippen LogP contribution in [0.1, 0.15) is 16.7 Å². The Morgan fingerprint density at radius 3 is 2.28 bits per heavy atom. The molecule has 0 aliphatic carbocycles. The highest BCUT2D eigenvalue weighted by molar-refractivity contribution is 7.98. The number of nitrogen functional groups attached to an aromatic ring is 1. The fraction of sp³-hybridized carbons (Fsp3) is 0.200. The lowest BCUT2D eigenvalue weighted by Gasteiger charge is -2.11. The average molecular weight is 278 g/mol. The van der Waals surface area contributed by atoms with Crippen LogP contribution in [0.25, 0.3) is 0 Å². The van der Waals surface area contributed by atoms with Gasteiger partial charge in [-0.15, -0.1) is 11.8 Å². The van der Waals surface area contributed by atoms with Gasteiger partial charge < -0.3 is 5.73 Å². The molecule has 0 aliphatic heterocycles. The minimum Gasteiger partial charge on any atom is -0.398 e. The monoisotopic (exact) mass is 277 g/mol. The number of benzene rings is 2. The Hall–Kier alpha value is -1.12. The normalized spacial score (nSPS) is 10.6. The second kappa shape index (κ2) is 5.68. The third-order valence-corrected chi connectivity index (χ3v) is 4.61. The molecular weight excluding hydrogens is 262 g/mol. The van der Waals surface area contributed by atoms with Gasteiger partial charge in [-0.25, -0.2) is 0 Å². The van der Waals surface area contributed by atoms with Crippen molar-refractivity contribution in [2.75, 3.05) is 5.73 Å². The van der Waals surface area contributed by atoms with E-state index in [-0.39, 0.29) is 0 Å². The van der Waals surface area contributed by atoms with Crippen LogP contribution in [0.2, 0.25) is 5.02 Å². The summed E-state index contributed by atoms with van der Waals surface area (Å²) in [7, 11) is 0. The first-order valence-electron chi connectivity index (χ1n) is 5.81. The van der Waals surface area contributed by atoms with Gasteiger partial charge in [-0.3, -0.25) is 0 Å². The van der Waals surface area contributed by atoms with Crippen LogP contribution < -0.4 is 5.73 Å². The van der Waals surface area contributed by atoms with Gasteiger partial charge in [0.15, 0.2) is 0 Å². The fourth-order valence-corrected chi connectivity index (χ4v) is 3.43. The third kappa shape index (κ3) is 2.82. The lowest BCUT2D eigenvalue weighted by Crippen LogP contribution is -1.93. The van der Waals surface area contributed by atoms with E-state index in [2.05, 4.69) is 32.0 Å². The number of hydrogen-bond donors (Lipinski definition) is 1. The van der Waals surface area contributed by atoms with E-state index >= 15 is 0 Å². The zero-order chi connectivity index (χ0) is 13.1. The molecular formula is C15H16ClNS. The van der Waals surface area contributed by atoms with E-state index in [0.717, 1.165) is 21.4 Å². The SMILES string of the molecule is Cc1cccc(C)c1CSc1c(N)cccc1Cl. The van der Waals surface area contributed by atoms with Crippen LogP contribution in [0.5, 0.6) is 0 Å². The largest absolute Gasteiger partial charge is 0.398 e. The van der Waals surface area contributed by atoms with Gasteiger partial charge >= 0.3 is 0 Å². The summed E-state index contributed by atoms with van der Waals surface area (Å²) in [6.07, 6.45) is 0. The Bertz CT molecular complexity index is 474. The molecule has 0 amide bonds. The number of hydrogen-bond acceptors (Lipinski definition) is 2. The maximum Gasteiger partial charge on any atom is 0.0562 e. The fourth-order valence-electron chi connectivity index (χ4n) is 1.90. The van der Waals surface area contributed by atoms with Crippen LogP contribution in [0.3, 0.4) is 0 Å². The highest BCUT2D eigenvalue weighted by Crippen LogP contribution is 2.35. The van der Waals surface area contributed by atoms with Crippen molar-refractivity contribution in [3.63, 3.8) is 0 Å². The van der Waals surface area contributed by atoms with Crippen LogP contribution in [-0.4, -0.2) is 0 Å². The van der Waals surface area contributed by atoms with Gasteiger partial charge in [0, 0.05) is 16.3 Å². The van der Waals surface area contributed by atoms with Crippen molar-refractivity contribution in [2.45, 2.75) is 24.5 Å². The summed E-state index contributed by atoms with van der Waals surface area (Å²) >= 11 is 7.87. The molecule has 0 fully saturated rings. The molecule has 0 bridgehead atoms. The molecule has 0 heterocycles. The highest BCUT2D eigenvalue weighted by atomic mass is 35.5. The number of rotatable bonds is 3. The van der Waals surface area contributed by atoms with Crippen molar-refractivity contribution in [3.8, 4) is 0 Å². The van der Waals surface area contributed by atoms with Gasteiger partial charge in [0.2, 0.25) is 0 Å². The minimum atomic E-state index is 0.728. The molecule has 2 aromatic carbocycles. The lowest BCUT2D eigenvalue weighted by molar-refractivity contribution is 1.24. The molecule has 1 nitrogen and oxygen atoms in total. The van der Waals surface area contributed by atoms with Crippen LogP contribution in [0.15, 0.2) is 41.3 Å². The van der Waals surface area contributed by atoms with Crippen LogP contribution in [-0.2, 0) is 5.75 Å². The molecule has 0 radical (unpaired) electrons. The summed E-state index contributed by atoms with van der Waals surface area (Å²) in [5.41, 5.74) is 10.7. The summed E-state index contributed by atoms with van der Waals surface area (Å²) in [6, 6.07) is 12.0. The topological polar surface area (TPSA) is 26.0 Å². The number of thioether (sulfide) groups is 1. The Morgan fingerprint density at radius 1 is 1.06 bits per heavy atom. The quantitative estimate of drug-likeness (QED) is 0.642. The van der Waals surface area contributed by atoms with Crippen LogP contribution in [0, 0.1) is 13.8 Å². The Labute approximate surface area is 117 Å². The molecule has 0 aliphatic rings. The molecule has 0 spiro atoms. The third-order valence-electron chi connectivity index (χ3n) is 3.00. The lowest BCUT2D eigenvalue weighted by atomic mass is 10.1. The van der Waals surface area contributed by atoms with E-state index < -0.39 is 0 Å². The molecule has 94 valence electrons. The van der Waals surface area contributed by atoms with Gasteiger partial charge in [-0.2, -0.15) is 0 Å². The molecule has 0 aromatic heterocycles. The summed E-state index contributed by atoms with van der Waals surface area (Å²) in [5, 5.41) is 0.728. The van der Waals surface area contributed by atoms with Crippen molar-refractivity contribution in [1.29, 1.82) is 0 Å². The van der Waals surface area contributed by atoms with E-state index in [9.17, 15) is 0 Å². The van der Waals surface area contributed by atoms with E-state index in [1.54, 1.807) is 11.8 Å². The summed E-state index contributed by atoms with van der Waals surface area (Å²) in [4.78, 5) is 0.974.